The van der Waals surface area contributed by atoms with Crippen LogP contribution in [0, 0.1) is 0 Å². The van der Waals surface area contributed by atoms with Gasteiger partial charge in [-0.2, -0.15) is 0 Å². The predicted molar refractivity (Wildman–Crippen MR) is 104 cm³/mol. The van der Waals surface area contributed by atoms with Crippen LogP contribution in [0.15, 0.2) is 23.6 Å². The fourth-order valence-corrected chi connectivity index (χ4v) is 3.42. The van der Waals surface area contributed by atoms with E-state index < -0.39 is 0 Å². The number of thiazole rings is 1. The molecule has 2 rings (SSSR count). The van der Waals surface area contributed by atoms with E-state index in [4.69, 9.17) is 15.2 Å². The maximum Gasteiger partial charge on any atom is 0.270 e. The molecule has 26 heavy (non-hydrogen) atoms. The molecular weight excluding hydrogens is 350 g/mol. The summed E-state index contributed by atoms with van der Waals surface area (Å²) < 4.78 is 10.6. The molecule has 1 unspecified atom stereocenters. The minimum absolute atomic E-state index is 0.0949. The lowest BCUT2D eigenvalue weighted by atomic mass is 10.1. The van der Waals surface area contributed by atoms with Crippen LogP contribution in [-0.2, 0) is 6.42 Å². The van der Waals surface area contributed by atoms with Crippen LogP contribution in [0.4, 0.5) is 0 Å². The molecule has 142 valence electrons. The second-order valence-electron chi connectivity index (χ2n) is 6.00. The first-order chi connectivity index (χ1) is 12.6. The van der Waals surface area contributed by atoms with Gasteiger partial charge in [0.25, 0.3) is 5.91 Å². The van der Waals surface area contributed by atoms with Gasteiger partial charge in [0, 0.05) is 11.9 Å². The minimum Gasteiger partial charge on any atom is -0.497 e. The zero-order chi connectivity index (χ0) is 18.9. The molecule has 0 saturated carbocycles. The lowest BCUT2D eigenvalue weighted by Gasteiger charge is -2.11. The first-order valence-corrected chi connectivity index (χ1v) is 9.67. The van der Waals surface area contributed by atoms with Gasteiger partial charge in [-0.1, -0.05) is 19.8 Å². The zero-order valence-electron chi connectivity index (χ0n) is 15.6. The van der Waals surface area contributed by atoms with Crippen LogP contribution < -0.4 is 20.5 Å². The Morgan fingerprint density at radius 3 is 2.85 bits per heavy atom. The first-order valence-electron chi connectivity index (χ1n) is 8.79. The van der Waals surface area contributed by atoms with Gasteiger partial charge in [0.05, 0.1) is 20.3 Å². The van der Waals surface area contributed by atoms with Crippen LogP contribution >= 0.6 is 11.3 Å². The number of methoxy groups -OCH3 is 2. The molecule has 2 aromatic rings. The van der Waals surface area contributed by atoms with Gasteiger partial charge in [0.2, 0.25) is 0 Å². The smallest absolute Gasteiger partial charge is 0.270 e. The highest BCUT2D eigenvalue weighted by Gasteiger charge is 2.15. The Bertz CT molecular complexity index is 718. The Kier molecular flexibility index (Phi) is 7.87. The monoisotopic (exact) mass is 377 g/mol. The van der Waals surface area contributed by atoms with E-state index in [1.165, 1.54) is 11.3 Å². The van der Waals surface area contributed by atoms with E-state index in [0.29, 0.717) is 18.7 Å². The number of nitrogens with two attached hydrogens (primary N) is 1. The molecule has 1 aromatic heterocycles. The average Bonchev–Trinajstić information content (AvgIpc) is 3.16. The fraction of sp³-hybridized carbons (Fsp3) is 0.474. The molecule has 0 saturated heterocycles. The van der Waals surface area contributed by atoms with E-state index in [-0.39, 0.29) is 11.9 Å². The number of unbranched alkanes of at least 4 members (excludes halogenated alkanes) is 1. The van der Waals surface area contributed by atoms with Crippen molar-refractivity contribution in [3.8, 4) is 11.5 Å². The number of nitrogens with one attached hydrogen (secondary N) is 1. The third kappa shape index (κ3) is 5.44. The fourth-order valence-electron chi connectivity index (χ4n) is 2.59. The Morgan fingerprint density at radius 2 is 2.15 bits per heavy atom. The van der Waals surface area contributed by atoms with Gasteiger partial charge in [-0.3, -0.25) is 4.79 Å². The Labute approximate surface area is 158 Å². The normalized spacial score (nSPS) is 11.8. The summed E-state index contributed by atoms with van der Waals surface area (Å²) in [5, 5.41) is 5.48. The van der Waals surface area contributed by atoms with Crippen LogP contribution in [0.1, 0.15) is 53.3 Å². The van der Waals surface area contributed by atoms with Gasteiger partial charge in [-0.15, -0.1) is 11.3 Å². The number of carbonyl (C=O) groups excluding carboxylic acids is 1. The number of ether oxygens (including phenoxy) is 2. The second kappa shape index (κ2) is 10.1. The second-order valence-corrected chi connectivity index (χ2v) is 6.89. The molecule has 1 heterocycles. The van der Waals surface area contributed by atoms with Crippen LogP contribution in [0.5, 0.6) is 11.5 Å². The molecule has 0 bridgehead atoms. The van der Waals surface area contributed by atoms with Gasteiger partial charge >= 0.3 is 0 Å². The first kappa shape index (κ1) is 20.2. The third-order valence-corrected chi connectivity index (χ3v) is 5.08. The maximum atomic E-state index is 12.3. The SMILES string of the molecule is CCCCC(N)c1nc(C(=O)NCCc2cc(OC)ccc2OC)cs1. The predicted octanol–water partition coefficient (Wildman–Crippen LogP) is 3.32. The van der Waals surface area contributed by atoms with Gasteiger partial charge in [-0.25, -0.2) is 4.98 Å². The number of aromatic nitrogens is 1. The van der Waals surface area contributed by atoms with Crippen molar-refractivity contribution >= 4 is 17.2 Å². The number of amides is 1. The van der Waals surface area contributed by atoms with E-state index in [2.05, 4.69) is 17.2 Å². The summed E-state index contributed by atoms with van der Waals surface area (Å²) >= 11 is 1.44. The molecule has 1 atom stereocenters. The topological polar surface area (TPSA) is 86.5 Å². The van der Waals surface area contributed by atoms with Gasteiger partial charge in [-0.05, 0) is 36.6 Å². The summed E-state index contributed by atoms with van der Waals surface area (Å²) in [7, 11) is 3.25. The number of benzene rings is 1. The average molecular weight is 378 g/mol. The van der Waals surface area contributed by atoms with Crippen LogP contribution in [0.25, 0.3) is 0 Å². The highest BCUT2D eigenvalue weighted by molar-refractivity contribution is 7.09. The summed E-state index contributed by atoms with van der Waals surface area (Å²) in [6.45, 7) is 2.61. The van der Waals surface area contributed by atoms with Crippen molar-refractivity contribution in [2.75, 3.05) is 20.8 Å². The van der Waals surface area contributed by atoms with E-state index in [1.807, 2.05) is 18.2 Å². The summed E-state index contributed by atoms with van der Waals surface area (Å²) in [6, 6.07) is 5.53. The molecule has 6 nitrogen and oxygen atoms in total. The van der Waals surface area contributed by atoms with Crippen molar-refractivity contribution in [3.05, 3.63) is 39.8 Å². The third-order valence-electron chi connectivity index (χ3n) is 4.11. The standard InChI is InChI=1S/C19H27N3O3S/c1-4-5-6-15(20)19-22-16(12-26-19)18(23)21-10-9-13-11-14(24-2)7-8-17(13)25-3/h7-8,11-12,15H,4-6,9-10,20H2,1-3H3,(H,21,23). The van der Waals surface area contributed by atoms with Crippen LogP contribution in [0.3, 0.4) is 0 Å². The molecule has 7 heteroatoms. The summed E-state index contributed by atoms with van der Waals surface area (Å²) in [4.78, 5) is 16.7. The van der Waals surface area contributed by atoms with Crippen molar-refractivity contribution in [1.82, 2.24) is 10.3 Å². The quantitative estimate of drug-likeness (QED) is 0.663. The van der Waals surface area contributed by atoms with Crippen molar-refractivity contribution < 1.29 is 14.3 Å². The van der Waals surface area contributed by atoms with Crippen molar-refractivity contribution in [2.45, 2.75) is 38.6 Å². The van der Waals surface area contributed by atoms with E-state index in [0.717, 1.165) is 41.3 Å². The van der Waals surface area contributed by atoms with Crippen molar-refractivity contribution in [2.24, 2.45) is 5.73 Å². The van der Waals surface area contributed by atoms with Gasteiger partial charge in [0.15, 0.2) is 0 Å². The van der Waals surface area contributed by atoms with Crippen molar-refractivity contribution in [1.29, 1.82) is 0 Å². The summed E-state index contributed by atoms with van der Waals surface area (Å²) in [5.74, 6) is 1.35. The maximum absolute atomic E-state index is 12.3. The lowest BCUT2D eigenvalue weighted by molar-refractivity contribution is 0.0949. The summed E-state index contributed by atoms with van der Waals surface area (Å²) in [5.41, 5.74) is 7.53. The number of rotatable bonds is 10. The van der Waals surface area contributed by atoms with Crippen molar-refractivity contribution in [3.63, 3.8) is 0 Å². The highest BCUT2D eigenvalue weighted by Crippen LogP contribution is 2.24. The molecule has 0 radical (unpaired) electrons. The van der Waals surface area contributed by atoms with E-state index in [1.54, 1.807) is 19.6 Å². The molecule has 0 aliphatic rings. The largest absolute Gasteiger partial charge is 0.497 e. The highest BCUT2D eigenvalue weighted by atomic mass is 32.1. The van der Waals surface area contributed by atoms with E-state index >= 15 is 0 Å². The molecule has 1 aromatic carbocycles. The molecule has 0 aliphatic heterocycles. The summed E-state index contributed by atoms with van der Waals surface area (Å²) in [6.07, 6.45) is 3.69. The molecule has 3 N–H and O–H groups in total. The molecule has 0 spiro atoms. The molecule has 1 amide bonds. The Hall–Kier alpha value is -2.12. The molecular formula is C19H27N3O3S. The zero-order valence-corrected chi connectivity index (χ0v) is 16.4. The van der Waals surface area contributed by atoms with Gasteiger partial charge < -0.3 is 20.5 Å². The Balaban J connectivity index is 1.90. The van der Waals surface area contributed by atoms with Crippen LogP contribution in [0.2, 0.25) is 0 Å². The molecule has 0 aliphatic carbocycles. The van der Waals surface area contributed by atoms with Gasteiger partial charge in [0.1, 0.15) is 22.2 Å². The van der Waals surface area contributed by atoms with E-state index in [9.17, 15) is 4.79 Å². The lowest BCUT2D eigenvalue weighted by Crippen LogP contribution is -2.26. The number of carbonyl (C=O) groups is 1. The number of hydrogen-bond acceptors (Lipinski definition) is 6. The number of nitrogens with zero attached hydrogens (tertiary/aromatic N) is 1. The van der Waals surface area contributed by atoms with Crippen LogP contribution in [-0.4, -0.2) is 31.7 Å². The minimum atomic E-state index is -0.183. The number of hydrogen-bond donors (Lipinski definition) is 2. The molecule has 0 fully saturated rings. The Morgan fingerprint density at radius 1 is 1.35 bits per heavy atom.